The molecule has 2 aromatic rings. The highest BCUT2D eigenvalue weighted by Crippen LogP contribution is 2.28. The lowest BCUT2D eigenvalue weighted by Gasteiger charge is -2.24. The summed E-state index contributed by atoms with van der Waals surface area (Å²) < 4.78 is 1.97. The highest BCUT2D eigenvalue weighted by atomic mass is 16.3. The molecule has 0 aliphatic heterocycles. The lowest BCUT2D eigenvalue weighted by molar-refractivity contribution is -0.133. The van der Waals surface area contributed by atoms with Crippen molar-refractivity contribution in [1.29, 1.82) is 0 Å². The third-order valence-electron chi connectivity index (χ3n) is 3.07. The number of nitrogens with zero attached hydrogens (tertiary/aromatic N) is 2. The van der Waals surface area contributed by atoms with Gasteiger partial charge in [-0.2, -0.15) is 0 Å². The molecule has 1 amide bonds. The number of carbonyl (C=O) groups is 1. The molecular weight excluding hydrogens is 228 g/mol. The SMILES string of the molecule is CN(C(=O)C(C)(C)O)c1cn(C)c2ccccc12. The molecule has 4 nitrogen and oxygen atoms in total. The molecule has 0 atom stereocenters. The summed E-state index contributed by atoms with van der Waals surface area (Å²) in [6.45, 7) is 2.99. The van der Waals surface area contributed by atoms with Crippen molar-refractivity contribution in [2.24, 2.45) is 7.05 Å². The molecular formula is C14H18N2O2. The average molecular weight is 246 g/mol. The summed E-state index contributed by atoms with van der Waals surface area (Å²) in [5, 5.41) is 10.8. The van der Waals surface area contributed by atoms with Crippen LogP contribution in [0.15, 0.2) is 30.5 Å². The molecule has 0 saturated heterocycles. The Balaban J connectivity index is 2.52. The van der Waals surface area contributed by atoms with Gasteiger partial charge in [-0.25, -0.2) is 0 Å². The van der Waals surface area contributed by atoms with Crippen molar-refractivity contribution in [2.75, 3.05) is 11.9 Å². The van der Waals surface area contributed by atoms with Crippen LogP contribution in [0.25, 0.3) is 10.9 Å². The maximum atomic E-state index is 12.1. The second kappa shape index (κ2) is 4.14. The van der Waals surface area contributed by atoms with Crippen LogP contribution in [0.4, 0.5) is 5.69 Å². The molecule has 4 heteroatoms. The zero-order chi connectivity index (χ0) is 13.5. The summed E-state index contributed by atoms with van der Waals surface area (Å²) in [5.41, 5.74) is 0.495. The standard InChI is InChI=1S/C14H18N2O2/c1-14(2,18)13(17)16(4)12-9-15(3)11-8-6-5-7-10(11)12/h5-9,18H,1-4H3. The summed E-state index contributed by atoms with van der Waals surface area (Å²) in [7, 11) is 3.62. The Kier molecular flexibility index (Phi) is 2.91. The molecule has 0 saturated carbocycles. The third-order valence-corrected chi connectivity index (χ3v) is 3.07. The Morgan fingerprint density at radius 2 is 1.94 bits per heavy atom. The van der Waals surface area contributed by atoms with E-state index >= 15 is 0 Å². The fourth-order valence-corrected chi connectivity index (χ4v) is 2.11. The second-order valence-electron chi connectivity index (χ2n) is 5.07. The van der Waals surface area contributed by atoms with Gasteiger partial charge in [0.1, 0.15) is 5.60 Å². The van der Waals surface area contributed by atoms with Crippen molar-refractivity contribution in [3.63, 3.8) is 0 Å². The van der Waals surface area contributed by atoms with Crippen molar-refractivity contribution >= 4 is 22.5 Å². The number of hydrogen-bond donors (Lipinski definition) is 1. The van der Waals surface area contributed by atoms with E-state index in [0.717, 1.165) is 16.6 Å². The predicted octanol–water partition coefficient (Wildman–Crippen LogP) is 1.91. The zero-order valence-corrected chi connectivity index (χ0v) is 11.1. The van der Waals surface area contributed by atoms with E-state index in [9.17, 15) is 9.90 Å². The predicted molar refractivity (Wildman–Crippen MR) is 72.6 cm³/mol. The van der Waals surface area contributed by atoms with Gasteiger partial charge in [0.15, 0.2) is 0 Å². The highest BCUT2D eigenvalue weighted by Gasteiger charge is 2.29. The topological polar surface area (TPSA) is 45.5 Å². The number of benzene rings is 1. The van der Waals surface area contributed by atoms with Crippen LogP contribution in [-0.2, 0) is 11.8 Å². The highest BCUT2D eigenvalue weighted by molar-refractivity contribution is 6.05. The van der Waals surface area contributed by atoms with E-state index in [-0.39, 0.29) is 5.91 Å². The van der Waals surface area contributed by atoms with E-state index in [1.54, 1.807) is 7.05 Å². The largest absolute Gasteiger partial charge is 0.381 e. The van der Waals surface area contributed by atoms with E-state index in [0.29, 0.717) is 0 Å². The number of aryl methyl sites for hydroxylation is 1. The Labute approximate surface area is 106 Å². The second-order valence-corrected chi connectivity index (χ2v) is 5.07. The van der Waals surface area contributed by atoms with Gasteiger partial charge in [-0.3, -0.25) is 4.79 Å². The van der Waals surface area contributed by atoms with E-state index in [4.69, 9.17) is 0 Å². The van der Waals surface area contributed by atoms with Gasteiger partial charge in [0, 0.05) is 31.2 Å². The molecule has 1 N–H and O–H groups in total. The molecule has 0 bridgehead atoms. The molecule has 0 radical (unpaired) electrons. The lowest BCUT2D eigenvalue weighted by atomic mass is 10.1. The zero-order valence-electron chi connectivity index (χ0n) is 11.1. The summed E-state index contributed by atoms with van der Waals surface area (Å²) in [6, 6.07) is 7.87. The minimum atomic E-state index is -1.37. The van der Waals surface area contributed by atoms with Gasteiger partial charge < -0.3 is 14.6 Å². The monoisotopic (exact) mass is 246 g/mol. The Bertz CT molecular complexity index is 593. The van der Waals surface area contributed by atoms with Crippen molar-refractivity contribution in [3.05, 3.63) is 30.5 Å². The number of aromatic nitrogens is 1. The van der Waals surface area contributed by atoms with Crippen molar-refractivity contribution in [1.82, 2.24) is 4.57 Å². The van der Waals surface area contributed by atoms with Crippen LogP contribution in [-0.4, -0.2) is 28.2 Å². The smallest absolute Gasteiger partial charge is 0.258 e. The first-order chi connectivity index (χ1) is 8.32. The third kappa shape index (κ3) is 1.99. The Hall–Kier alpha value is -1.81. The average Bonchev–Trinajstić information content (AvgIpc) is 2.65. The summed E-state index contributed by atoms with van der Waals surface area (Å²) in [4.78, 5) is 13.6. The number of hydrogen-bond acceptors (Lipinski definition) is 2. The fraction of sp³-hybridized carbons (Fsp3) is 0.357. The quantitative estimate of drug-likeness (QED) is 0.879. The van der Waals surface area contributed by atoms with Crippen LogP contribution in [0.5, 0.6) is 0 Å². The number of fused-ring (bicyclic) bond motifs is 1. The van der Waals surface area contributed by atoms with Gasteiger partial charge in [0.05, 0.1) is 5.69 Å². The maximum absolute atomic E-state index is 12.1. The van der Waals surface area contributed by atoms with Gasteiger partial charge in [-0.15, -0.1) is 0 Å². The van der Waals surface area contributed by atoms with Gasteiger partial charge in [-0.05, 0) is 19.9 Å². The van der Waals surface area contributed by atoms with Crippen LogP contribution >= 0.6 is 0 Å². The molecule has 0 spiro atoms. The lowest BCUT2D eigenvalue weighted by Crippen LogP contribution is -2.43. The molecule has 1 heterocycles. The van der Waals surface area contributed by atoms with Gasteiger partial charge >= 0.3 is 0 Å². The van der Waals surface area contributed by atoms with E-state index in [1.165, 1.54) is 18.7 Å². The molecule has 0 unspecified atom stereocenters. The molecule has 0 fully saturated rings. The molecule has 96 valence electrons. The summed E-state index contributed by atoms with van der Waals surface area (Å²) in [5.74, 6) is -0.321. The first-order valence-electron chi connectivity index (χ1n) is 5.87. The van der Waals surface area contributed by atoms with E-state index in [1.807, 2.05) is 42.1 Å². The van der Waals surface area contributed by atoms with Crippen molar-refractivity contribution in [3.8, 4) is 0 Å². The molecule has 0 aliphatic carbocycles. The summed E-state index contributed by atoms with van der Waals surface area (Å²) in [6.07, 6.45) is 1.90. The van der Waals surface area contributed by atoms with Crippen molar-refractivity contribution in [2.45, 2.75) is 19.4 Å². The van der Waals surface area contributed by atoms with Crippen molar-refractivity contribution < 1.29 is 9.90 Å². The number of para-hydroxylation sites is 1. The number of rotatable bonds is 2. The summed E-state index contributed by atoms with van der Waals surface area (Å²) >= 11 is 0. The minimum Gasteiger partial charge on any atom is -0.381 e. The number of likely N-dealkylation sites (N-methyl/N-ethyl adjacent to an activating group) is 1. The van der Waals surface area contributed by atoms with Crippen LogP contribution in [0.2, 0.25) is 0 Å². The van der Waals surface area contributed by atoms with Gasteiger partial charge in [0.2, 0.25) is 0 Å². The number of amides is 1. The molecule has 0 aliphatic rings. The maximum Gasteiger partial charge on any atom is 0.258 e. The van der Waals surface area contributed by atoms with Crippen LogP contribution in [0.1, 0.15) is 13.8 Å². The minimum absolute atomic E-state index is 0.321. The molecule has 18 heavy (non-hydrogen) atoms. The van der Waals surface area contributed by atoms with Crippen LogP contribution in [0.3, 0.4) is 0 Å². The van der Waals surface area contributed by atoms with Crippen LogP contribution in [0, 0.1) is 0 Å². The number of aliphatic hydroxyl groups is 1. The molecule has 1 aromatic heterocycles. The number of carbonyl (C=O) groups excluding carboxylic acids is 1. The van der Waals surface area contributed by atoms with Gasteiger partial charge in [0.25, 0.3) is 5.91 Å². The first kappa shape index (κ1) is 12.6. The normalized spacial score (nSPS) is 11.8. The Morgan fingerprint density at radius 1 is 1.33 bits per heavy atom. The Morgan fingerprint density at radius 3 is 2.56 bits per heavy atom. The van der Waals surface area contributed by atoms with Crippen LogP contribution < -0.4 is 4.90 Å². The molecule has 1 aromatic carbocycles. The fourth-order valence-electron chi connectivity index (χ4n) is 2.11. The first-order valence-corrected chi connectivity index (χ1v) is 5.87. The molecule has 2 rings (SSSR count). The van der Waals surface area contributed by atoms with Gasteiger partial charge in [-0.1, -0.05) is 18.2 Å². The number of anilines is 1. The van der Waals surface area contributed by atoms with E-state index in [2.05, 4.69) is 0 Å². The van der Waals surface area contributed by atoms with E-state index < -0.39 is 5.60 Å².